The predicted molar refractivity (Wildman–Crippen MR) is 72.6 cm³/mol. The van der Waals surface area contributed by atoms with Crippen LogP contribution in [0.2, 0.25) is 0 Å². The van der Waals surface area contributed by atoms with Crippen LogP contribution >= 0.6 is 0 Å². The van der Waals surface area contributed by atoms with Gasteiger partial charge in [-0.3, -0.25) is 4.79 Å². The van der Waals surface area contributed by atoms with E-state index >= 15 is 0 Å². The van der Waals surface area contributed by atoms with Crippen molar-refractivity contribution in [3.05, 3.63) is 23.5 Å². The molecule has 3 amide bonds. The Labute approximate surface area is 124 Å². The molecule has 1 saturated heterocycles. The number of aromatic nitrogens is 1. The Bertz CT molecular complexity index is 693. The van der Waals surface area contributed by atoms with Crippen molar-refractivity contribution in [3.63, 3.8) is 0 Å². The molecule has 2 fully saturated rings. The molecule has 4 rings (SSSR count). The lowest BCUT2D eigenvalue weighted by Crippen LogP contribution is -2.33. The average Bonchev–Trinajstić information content (AvgIpc) is 2.84. The number of urea groups is 1. The van der Waals surface area contributed by atoms with Gasteiger partial charge in [-0.05, 0) is 12.5 Å². The second-order valence-electron chi connectivity index (χ2n) is 6.18. The molecule has 6 nitrogen and oxygen atoms in total. The zero-order chi connectivity index (χ0) is 15.5. The number of alkyl halides is 2. The molecule has 2 aliphatic heterocycles. The van der Waals surface area contributed by atoms with E-state index in [-0.39, 0.29) is 18.9 Å². The van der Waals surface area contributed by atoms with Crippen molar-refractivity contribution in [1.29, 1.82) is 0 Å². The second-order valence-corrected chi connectivity index (χ2v) is 6.18. The summed E-state index contributed by atoms with van der Waals surface area (Å²) >= 11 is 0. The number of halogens is 2. The number of fused-ring (bicyclic) bond motifs is 1. The summed E-state index contributed by atoms with van der Waals surface area (Å²) in [6.07, 6.45) is 1.62. The monoisotopic (exact) mass is 308 g/mol. The van der Waals surface area contributed by atoms with Crippen molar-refractivity contribution in [2.75, 3.05) is 18.4 Å². The Morgan fingerprint density at radius 2 is 2.23 bits per heavy atom. The fraction of sp³-hybridized carbons (Fsp3) is 0.500. The number of amides is 3. The Hall–Kier alpha value is -2.25. The lowest BCUT2D eigenvalue weighted by atomic mass is 10.1. The molecule has 0 bridgehead atoms. The van der Waals surface area contributed by atoms with Crippen molar-refractivity contribution < 1.29 is 18.4 Å². The minimum absolute atomic E-state index is 0.0875. The second kappa shape index (κ2) is 4.15. The van der Waals surface area contributed by atoms with Crippen LogP contribution in [0.5, 0.6) is 0 Å². The quantitative estimate of drug-likeness (QED) is 0.827. The van der Waals surface area contributed by atoms with Gasteiger partial charge >= 0.3 is 6.03 Å². The van der Waals surface area contributed by atoms with E-state index in [4.69, 9.17) is 0 Å². The summed E-state index contributed by atoms with van der Waals surface area (Å²) in [5, 5.41) is 5.30. The Morgan fingerprint density at radius 3 is 2.91 bits per heavy atom. The van der Waals surface area contributed by atoms with Crippen LogP contribution in [0.15, 0.2) is 12.3 Å². The van der Waals surface area contributed by atoms with Crippen molar-refractivity contribution in [3.8, 4) is 0 Å². The van der Waals surface area contributed by atoms with E-state index in [1.54, 1.807) is 6.07 Å². The van der Waals surface area contributed by atoms with Crippen LogP contribution in [0.4, 0.5) is 19.3 Å². The van der Waals surface area contributed by atoms with Gasteiger partial charge in [-0.1, -0.05) is 0 Å². The maximum Gasteiger partial charge on any atom is 0.321 e. The van der Waals surface area contributed by atoms with Gasteiger partial charge in [0.05, 0.1) is 17.3 Å². The topological polar surface area (TPSA) is 74.3 Å². The molecule has 3 aliphatic rings. The Morgan fingerprint density at radius 1 is 1.45 bits per heavy atom. The summed E-state index contributed by atoms with van der Waals surface area (Å²) in [7, 11) is 0. The van der Waals surface area contributed by atoms with Gasteiger partial charge in [0.1, 0.15) is 5.69 Å². The number of nitrogens with zero attached hydrogens (tertiary/aromatic N) is 2. The van der Waals surface area contributed by atoms with Crippen LogP contribution in [0, 0.1) is 5.41 Å². The lowest BCUT2D eigenvalue weighted by Gasteiger charge is -2.17. The predicted octanol–water partition coefficient (Wildman–Crippen LogP) is 1.59. The molecular formula is C14H14F2N4O2. The zero-order valence-corrected chi connectivity index (χ0v) is 11.7. The van der Waals surface area contributed by atoms with Crippen LogP contribution in [0.25, 0.3) is 0 Å². The molecule has 3 heterocycles. The SMILES string of the molecule is O=C1NCc2cc(NC(=O)N3CCC4(C3)CC4(F)F)cnc21. The number of hydrogen-bond acceptors (Lipinski definition) is 3. The highest BCUT2D eigenvalue weighted by Gasteiger charge is 2.73. The Balaban J connectivity index is 1.44. The highest BCUT2D eigenvalue weighted by molar-refractivity contribution is 5.97. The molecule has 8 heteroatoms. The smallest absolute Gasteiger partial charge is 0.321 e. The fourth-order valence-corrected chi connectivity index (χ4v) is 3.25. The molecule has 2 N–H and O–H groups in total. The van der Waals surface area contributed by atoms with Crippen LogP contribution in [0.1, 0.15) is 28.9 Å². The molecule has 1 unspecified atom stereocenters. The minimum atomic E-state index is -2.64. The van der Waals surface area contributed by atoms with E-state index in [0.29, 0.717) is 30.9 Å². The summed E-state index contributed by atoms with van der Waals surface area (Å²) < 4.78 is 26.7. The first-order chi connectivity index (χ1) is 10.4. The summed E-state index contributed by atoms with van der Waals surface area (Å²) in [5.74, 6) is -2.87. The van der Waals surface area contributed by atoms with Crippen molar-refractivity contribution in [1.82, 2.24) is 15.2 Å². The molecule has 1 spiro atoms. The zero-order valence-electron chi connectivity index (χ0n) is 11.7. The van der Waals surface area contributed by atoms with E-state index in [1.807, 2.05) is 0 Å². The number of pyridine rings is 1. The molecule has 116 valence electrons. The number of anilines is 1. The standard InChI is InChI=1S/C14H14F2N4O2/c15-14(16)6-13(14)1-2-20(7-13)12(22)19-9-3-8-4-18-11(21)10(8)17-5-9/h3,5H,1-2,4,6-7H2,(H,18,21)(H,19,22). The van der Waals surface area contributed by atoms with Gasteiger partial charge in [-0.15, -0.1) is 0 Å². The van der Waals surface area contributed by atoms with Gasteiger partial charge < -0.3 is 15.5 Å². The van der Waals surface area contributed by atoms with Crippen molar-refractivity contribution in [2.45, 2.75) is 25.3 Å². The number of hydrogen-bond donors (Lipinski definition) is 2. The van der Waals surface area contributed by atoms with E-state index in [0.717, 1.165) is 5.56 Å². The van der Waals surface area contributed by atoms with Crippen molar-refractivity contribution in [2.24, 2.45) is 5.41 Å². The summed E-state index contributed by atoms with van der Waals surface area (Å²) in [6.45, 7) is 0.800. The first-order valence-corrected chi connectivity index (χ1v) is 7.11. The number of rotatable bonds is 1. The molecular weight excluding hydrogens is 294 g/mol. The number of carbonyl (C=O) groups is 2. The molecule has 1 atom stereocenters. The molecule has 0 aromatic carbocycles. The highest BCUT2D eigenvalue weighted by atomic mass is 19.3. The first-order valence-electron chi connectivity index (χ1n) is 7.11. The largest absolute Gasteiger partial charge is 0.347 e. The number of carbonyl (C=O) groups excluding carboxylic acids is 2. The number of likely N-dealkylation sites (tertiary alicyclic amines) is 1. The van der Waals surface area contributed by atoms with E-state index in [9.17, 15) is 18.4 Å². The van der Waals surface area contributed by atoms with E-state index in [1.165, 1.54) is 11.1 Å². The van der Waals surface area contributed by atoms with Gasteiger partial charge in [-0.25, -0.2) is 18.6 Å². The van der Waals surface area contributed by atoms with Crippen molar-refractivity contribution >= 4 is 17.6 Å². The van der Waals surface area contributed by atoms with Crippen LogP contribution in [-0.4, -0.2) is 40.8 Å². The van der Waals surface area contributed by atoms with Crippen LogP contribution in [0.3, 0.4) is 0 Å². The van der Waals surface area contributed by atoms with Gasteiger partial charge in [-0.2, -0.15) is 0 Å². The third-order valence-electron chi connectivity index (χ3n) is 4.72. The van der Waals surface area contributed by atoms with Gasteiger partial charge in [0.2, 0.25) is 0 Å². The minimum Gasteiger partial charge on any atom is -0.347 e. The maximum atomic E-state index is 13.3. The first kappa shape index (κ1) is 13.4. The molecule has 1 aromatic heterocycles. The fourth-order valence-electron chi connectivity index (χ4n) is 3.25. The highest BCUT2D eigenvalue weighted by Crippen LogP contribution is 2.65. The average molecular weight is 308 g/mol. The third-order valence-corrected chi connectivity index (χ3v) is 4.72. The summed E-state index contributed by atoms with van der Waals surface area (Å²) in [6, 6.07) is 1.27. The van der Waals surface area contributed by atoms with Crippen LogP contribution < -0.4 is 10.6 Å². The van der Waals surface area contributed by atoms with Crippen LogP contribution in [-0.2, 0) is 6.54 Å². The number of nitrogens with one attached hydrogen (secondary N) is 2. The summed E-state index contributed by atoms with van der Waals surface area (Å²) in [4.78, 5) is 29.0. The van der Waals surface area contributed by atoms with Gasteiger partial charge in [0, 0.05) is 31.6 Å². The molecule has 1 aliphatic carbocycles. The molecule has 22 heavy (non-hydrogen) atoms. The third kappa shape index (κ3) is 1.86. The molecule has 1 aromatic rings. The van der Waals surface area contributed by atoms with E-state index in [2.05, 4.69) is 15.6 Å². The summed E-state index contributed by atoms with van der Waals surface area (Å²) in [5.41, 5.74) is 0.533. The maximum absolute atomic E-state index is 13.3. The molecule has 1 saturated carbocycles. The van der Waals surface area contributed by atoms with Gasteiger partial charge in [0.25, 0.3) is 11.8 Å². The normalized spacial score (nSPS) is 27.7. The Kier molecular flexibility index (Phi) is 2.53. The molecule has 0 radical (unpaired) electrons. The van der Waals surface area contributed by atoms with E-state index < -0.39 is 17.4 Å². The lowest BCUT2D eigenvalue weighted by molar-refractivity contribution is 0.0678. The van der Waals surface area contributed by atoms with Gasteiger partial charge in [0.15, 0.2) is 0 Å².